The van der Waals surface area contributed by atoms with Gasteiger partial charge in [0.05, 0.1) is 13.0 Å². The van der Waals surface area contributed by atoms with Crippen LogP contribution in [0.3, 0.4) is 0 Å². The molecule has 1 heterocycles. The number of hydrogen-bond acceptors (Lipinski definition) is 2. The fourth-order valence-electron chi connectivity index (χ4n) is 2.52. The highest BCUT2D eigenvalue weighted by Gasteiger charge is 2.33. The van der Waals surface area contributed by atoms with Crippen LogP contribution in [0.2, 0.25) is 5.02 Å². The lowest BCUT2D eigenvalue weighted by Crippen LogP contribution is -2.38. The van der Waals surface area contributed by atoms with Crippen molar-refractivity contribution in [3.05, 3.63) is 34.9 Å². The SMILES string of the molecule is O=C(CNC(CC(F)(F)F)c1ccc(Cl)cc1)N1CCCC1. The van der Waals surface area contributed by atoms with Crippen LogP contribution in [0.1, 0.15) is 30.9 Å². The van der Waals surface area contributed by atoms with Crippen LogP contribution in [0.4, 0.5) is 13.2 Å². The predicted molar refractivity (Wildman–Crippen MR) is 78.7 cm³/mol. The van der Waals surface area contributed by atoms with E-state index in [9.17, 15) is 18.0 Å². The number of nitrogens with zero attached hydrogens (tertiary/aromatic N) is 1. The summed E-state index contributed by atoms with van der Waals surface area (Å²) in [4.78, 5) is 13.6. The van der Waals surface area contributed by atoms with Gasteiger partial charge in [-0.2, -0.15) is 13.2 Å². The summed E-state index contributed by atoms with van der Waals surface area (Å²) in [6.45, 7) is 1.28. The number of alkyl halides is 3. The zero-order valence-corrected chi connectivity index (χ0v) is 12.8. The van der Waals surface area contributed by atoms with Crippen molar-refractivity contribution in [3.63, 3.8) is 0 Å². The summed E-state index contributed by atoms with van der Waals surface area (Å²) >= 11 is 5.76. The first-order chi connectivity index (χ1) is 10.3. The molecule has 3 nitrogen and oxygen atoms in total. The summed E-state index contributed by atoms with van der Waals surface area (Å²) < 4.78 is 38.2. The van der Waals surface area contributed by atoms with Gasteiger partial charge in [0.2, 0.25) is 5.91 Å². The highest BCUT2D eigenvalue weighted by molar-refractivity contribution is 6.30. The maximum atomic E-state index is 12.7. The molecule has 1 amide bonds. The first-order valence-corrected chi connectivity index (χ1v) is 7.56. The van der Waals surface area contributed by atoms with Gasteiger partial charge in [-0.1, -0.05) is 23.7 Å². The number of hydrogen-bond donors (Lipinski definition) is 1. The molecule has 122 valence electrons. The first-order valence-electron chi connectivity index (χ1n) is 7.18. The molecule has 0 spiro atoms. The largest absolute Gasteiger partial charge is 0.390 e. The molecule has 2 rings (SSSR count). The first kappa shape index (κ1) is 17.1. The van der Waals surface area contributed by atoms with Gasteiger partial charge in [-0.15, -0.1) is 0 Å². The lowest BCUT2D eigenvalue weighted by molar-refractivity contribution is -0.142. The minimum Gasteiger partial charge on any atom is -0.342 e. The third kappa shape index (κ3) is 5.18. The molecule has 1 unspecified atom stereocenters. The molecular weight excluding hydrogens is 317 g/mol. The van der Waals surface area contributed by atoms with Gasteiger partial charge in [-0.3, -0.25) is 4.79 Å². The van der Waals surface area contributed by atoms with Crippen molar-refractivity contribution in [1.82, 2.24) is 10.2 Å². The van der Waals surface area contributed by atoms with Gasteiger partial charge in [0, 0.05) is 24.2 Å². The normalized spacial score (nSPS) is 16.8. The lowest BCUT2D eigenvalue weighted by atomic mass is 10.0. The summed E-state index contributed by atoms with van der Waals surface area (Å²) in [6, 6.07) is 5.23. The summed E-state index contributed by atoms with van der Waals surface area (Å²) in [5.74, 6) is -0.154. The Kier molecular flexibility index (Phi) is 5.69. The molecule has 1 fully saturated rings. The number of amides is 1. The number of carbonyl (C=O) groups excluding carboxylic acids is 1. The molecule has 0 radical (unpaired) electrons. The molecule has 1 aromatic carbocycles. The molecule has 1 saturated heterocycles. The van der Waals surface area contributed by atoms with Crippen LogP contribution in [-0.4, -0.2) is 36.6 Å². The maximum Gasteiger partial charge on any atom is 0.390 e. The number of benzene rings is 1. The molecule has 1 N–H and O–H groups in total. The fourth-order valence-corrected chi connectivity index (χ4v) is 2.65. The molecule has 22 heavy (non-hydrogen) atoms. The average Bonchev–Trinajstić information content (AvgIpc) is 2.97. The van der Waals surface area contributed by atoms with Crippen LogP contribution in [0.25, 0.3) is 0 Å². The van der Waals surface area contributed by atoms with Crippen molar-refractivity contribution >= 4 is 17.5 Å². The topological polar surface area (TPSA) is 32.3 Å². The van der Waals surface area contributed by atoms with E-state index < -0.39 is 18.6 Å². The van der Waals surface area contributed by atoms with Gasteiger partial charge < -0.3 is 10.2 Å². The second-order valence-corrected chi connectivity index (χ2v) is 5.83. The Morgan fingerprint density at radius 1 is 1.23 bits per heavy atom. The third-order valence-corrected chi connectivity index (χ3v) is 3.92. The molecule has 0 aromatic heterocycles. The molecular formula is C15H18ClF3N2O. The highest BCUT2D eigenvalue weighted by atomic mass is 35.5. The van der Waals surface area contributed by atoms with E-state index in [1.54, 1.807) is 29.2 Å². The molecule has 1 aliphatic heterocycles. The Morgan fingerprint density at radius 2 is 1.82 bits per heavy atom. The van der Waals surface area contributed by atoms with E-state index in [0.29, 0.717) is 23.7 Å². The number of rotatable bonds is 5. The molecule has 1 atom stereocenters. The predicted octanol–water partition coefficient (Wildman–Crippen LogP) is 3.55. The molecule has 1 aromatic rings. The number of nitrogens with one attached hydrogen (secondary N) is 1. The highest BCUT2D eigenvalue weighted by Crippen LogP contribution is 2.30. The maximum absolute atomic E-state index is 12.7. The van der Waals surface area contributed by atoms with Gasteiger partial charge in [0.1, 0.15) is 0 Å². The minimum atomic E-state index is -4.31. The Labute approximate surface area is 132 Å². The van der Waals surface area contributed by atoms with Gasteiger partial charge in [-0.25, -0.2) is 0 Å². The van der Waals surface area contributed by atoms with Gasteiger partial charge >= 0.3 is 6.18 Å². The number of carbonyl (C=O) groups is 1. The summed E-state index contributed by atoms with van der Waals surface area (Å²) in [5.41, 5.74) is 0.468. The van der Waals surface area contributed by atoms with E-state index in [0.717, 1.165) is 12.8 Å². The zero-order valence-electron chi connectivity index (χ0n) is 12.0. The zero-order chi connectivity index (χ0) is 16.2. The van der Waals surface area contributed by atoms with Crippen molar-refractivity contribution in [2.45, 2.75) is 31.5 Å². The second-order valence-electron chi connectivity index (χ2n) is 5.39. The molecule has 0 saturated carbocycles. The van der Waals surface area contributed by atoms with Crippen LogP contribution < -0.4 is 5.32 Å². The van der Waals surface area contributed by atoms with Crippen LogP contribution in [-0.2, 0) is 4.79 Å². The molecule has 7 heteroatoms. The quantitative estimate of drug-likeness (QED) is 0.893. The third-order valence-electron chi connectivity index (χ3n) is 3.67. The van der Waals surface area contributed by atoms with E-state index in [-0.39, 0.29) is 12.5 Å². The van der Waals surface area contributed by atoms with E-state index in [1.807, 2.05) is 0 Å². The molecule has 0 aliphatic carbocycles. The number of halogens is 4. The molecule has 0 bridgehead atoms. The Morgan fingerprint density at radius 3 is 2.36 bits per heavy atom. The van der Waals surface area contributed by atoms with E-state index in [2.05, 4.69) is 5.32 Å². The fraction of sp³-hybridized carbons (Fsp3) is 0.533. The van der Waals surface area contributed by atoms with Gasteiger partial charge in [0.25, 0.3) is 0 Å². The standard InChI is InChI=1S/C15H18ClF3N2O/c16-12-5-3-11(4-6-12)13(9-15(17,18)19)20-10-14(22)21-7-1-2-8-21/h3-6,13,20H,1-2,7-10H2. The van der Waals surface area contributed by atoms with Crippen LogP contribution in [0.15, 0.2) is 24.3 Å². The average molecular weight is 335 g/mol. The van der Waals surface area contributed by atoms with Crippen molar-refractivity contribution in [1.29, 1.82) is 0 Å². The Bertz CT molecular complexity index is 499. The Balaban J connectivity index is 2.01. The van der Waals surface area contributed by atoms with Crippen LogP contribution in [0, 0.1) is 0 Å². The Hall–Kier alpha value is -1.27. The second kappa shape index (κ2) is 7.33. The van der Waals surface area contributed by atoms with E-state index >= 15 is 0 Å². The smallest absolute Gasteiger partial charge is 0.342 e. The van der Waals surface area contributed by atoms with E-state index in [1.165, 1.54) is 0 Å². The van der Waals surface area contributed by atoms with Crippen molar-refractivity contribution in [3.8, 4) is 0 Å². The van der Waals surface area contributed by atoms with Crippen molar-refractivity contribution < 1.29 is 18.0 Å². The lowest BCUT2D eigenvalue weighted by Gasteiger charge is -2.22. The van der Waals surface area contributed by atoms with Crippen LogP contribution >= 0.6 is 11.6 Å². The summed E-state index contributed by atoms with van der Waals surface area (Å²) in [5, 5.41) is 3.20. The number of likely N-dealkylation sites (tertiary alicyclic amines) is 1. The van der Waals surface area contributed by atoms with Gasteiger partial charge in [0.15, 0.2) is 0 Å². The van der Waals surface area contributed by atoms with Gasteiger partial charge in [-0.05, 0) is 30.5 Å². The van der Waals surface area contributed by atoms with Crippen molar-refractivity contribution in [2.75, 3.05) is 19.6 Å². The summed E-state index contributed by atoms with van der Waals surface area (Å²) in [6.07, 6.45) is -3.43. The monoisotopic (exact) mass is 334 g/mol. The minimum absolute atomic E-state index is 0.0939. The summed E-state index contributed by atoms with van der Waals surface area (Å²) in [7, 11) is 0. The van der Waals surface area contributed by atoms with Crippen molar-refractivity contribution in [2.24, 2.45) is 0 Å². The van der Waals surface area contributed by atoms with Crippen LogP contribution in [0.5, 0.6) is 0 Å². The van der Waals surface area contributed by atoms with E-state index in [4.69, 9.17) is 11.6 Å². The molecule has 1 aliphatic rings.